The van der Waals surface area contributed by atoms with Gasteiger partial charge in [0, 0.05) is 6.42 Å². The van der Waals surface area contributed by atoms with Gasteiger partial charge in [0.05, 0.1) is 5.71 Å². The lowest BCUT2D eigenvalue weighted by Crippen LogP contribution is -1.96. The van der Waals surface area contributed by atoms with Crippen molar-refractivity contribution in [1.82, 2.24) is 0 Å². The first-order valence-corrected chi connectivity index (χ1v) is 3.54. The number of hydrogen-bond donors (Lipinski definition) is 1. The fraction of sp³-hybridized carbons (Fsp3) is 0.222. The van der Waals surface area contributed by atoms with Crippen LogP contribution < -0.4 is 0 Å². The largest absolute Gasteiger partial charge is 0.411 e. The van der Waals surface area contributed by atoms with Gasteiger partial charge in [-0.2, -0.15) is 0 Å². The molecule has 0 spiro atoms. The zero-order valence-corrected chi connectivity index (χ0v) is 6.49. The van der Waals surface area contributed by atoms with E-state index in [1.54, 1.807) is 6.92 Å². The maximum Gasteiger partial charge on any atom is 0.0583 e. The van der Waals surface area contributed by atoms with Crippen LogP contribution in [0.4, 0.5) is 0 Å². The van der Waals surface area contributed by atoms with Crippen molar-refractivity contribution in [3.05, 3.63) is 35.9 Å². The number of nitrogens with zero attached hydrogens (tertiary/aromatic N) is 1. The Bertz CT molecular complexity index is 241. The van der Waals surface area contributed by atoms with Crippen LogP contribution >= 0.6 is 0 Å². The van der Waals surface area contributed by atoms with Crippen molar-refractivity contribution in [3.63, 3.8) is 0 Å². The van der Waals surface area contributed by atoms with Crippen LogP contribution in [0.15, 0.2) is 35.5 Å². The molecule has 0 heterocycles. The first-order valence-electron chi connectivity index (χ1n) is 3.54. The molecule has 0 radical (unpaired) electrons. The molecule has 0 fully saturated rings. The molecule has 1 aromatic carbocycles. The van der Waals surface area contributed by atoms with E-state index in [-0.39, 0.29) is 0 Å². The van der Waals surface area contributed by atoms with Gasteiger partial charge in [0.15, 0.2) is 0 Å². The number of benzene rings is 1. The number of rotatable bonds is 2. The van der Waals surface area contributed by atoms with Gasteiger partial charge in [0.25, 0.3) is 0 Å². The molecule has 2 heteroatoms. The van der Waals surface area contributed by atoms with Gasteiger partial charge in [-0.3, -0.25) is 0 Å². The summed E-state index contributed by atoms with van der Waals surface area (Å²) in [6.45, 7) is 1.80. The fourth-order valence-electron chi connectivity index (χ4n) is 0.927. The van der Waals surface area contributed by atoms with Crippen LogP contribution in [-0.4, -0.2) is 10.9 Å². The molecule has 1 aromatic rings. The van der Waals surface area contributed by atoms with Crippen molar-refractivity contribution in [3.8, 4) is 0 Å². The van der Waals surface area contributed by atoms with Crippen LogP contribution in [0.2, 0.25) is 0 Å². The Morgan fingerprint density at radius 2 is 2.00 bits per heavy atom. The van der Waals surface area contributed by atoms with Crippen molar-refractivity contribution in [1.29, 1.82) is 0 Å². The highest BCUT2D eigenvalue weighted by atomic mass is 16.4. The number of oxime groups is 1. The van der Waals surface area contributed by atoms with E-state index in [4.69, 9.17) is 5.21 Å². The first-order chi connectivity index (χ1) is 5.33. The van der Waals surface area contributed by atoms with Crippen LogP contribution in [0, 0.1) is 0 Å². The van der Waals surface area contributed by atoms with Crippen molar-refractivity contribution in [2.75, 3.05) is 0 Å². The Balaban J connectivity index is 2.65. The molecule has 1 rings (SSSR count). The third-order valence-electron chi connectivity index (χ3n) is 1.47. The minimum Gasteiger partial charge on any atom is -0.411 e. The molecule has 0 amide bonds. The monoisotopic (exact) mass is 149 g/mol. The molecular weight excluding hydrogens is 138 g/mol. The van der Waals surface area contributed by atoms with E-state index in [0.717, 1.165) is 12.1 Å². The summed E-state index contributed by atoms with van der Waals surface area (Å²) in [4.78, 5) is 0. The van der Waals surface area contributed by atoms with Crippen LogP contribution in [0.1, 0.15) is 12.5 Å². The number of hydrogen-bond acceptors (Lipinski definition) is 2. The predicted octanol–water partition coefficient (Wildman–Crippen LogP) is 2.08. The van der Waals surface area contributed by atoms with Crippen molar-refractivity contribution >= 4 is 5.71 Å². The topological polar surface area (TPSA) is 32.6 Å². The molecule has 58 valence electrons. The molecule has 0 aliphatic rings. The highest BCUT2D eigenvalue weighted by molar-refractivity contribution is 5.83. The standard InChI is InChI=1S/C9H11NO/c1-8(10-11)7-9-5-3-2-4-6-9/h2-6,11H,7H2,1H3. The van der Waals surface area contributed by atoms with Crippen LogP contribution in [0.25, 0.3) is 0 Å². The average Bonchev–Trinajstić information content (AvgIpc) is 2.06. The van der Waals surface area contributed by atoms with Gasteiger partial charge in [-0.05, 0) is 12.5 Å². The molecule has 0 bridgehead atoms. The molecule has 11 heavy (non-hydrogen) atoms. The fourth-order valence-corrected chi connectivity index (χ4v) is 0.927. The Hall–Kier alpha value is -1.31. The quantitative estimate of drug-likeness (QED) is 0.389. The van der Waals surface area contributed by atoms with Crippen LogP contribution in [-0.2, 0) is 6.42 Å². The van der Waals surface area contributed by atoms with Crippen LogP contribution in [0.5, 0.6) is 0 Å². The second-order valence-corrected chi connectivity index (χ2v) is 2.50. The Morgan fingerprint density at radius 1 is 1.36 bits per heavy atom. The van der Waals surface area contributed by atoms with E-state index >= 15 is 0 Å². The van der Waals surface area contributed by atoms with E-state index in [1.807, 2.05) is 30.3 Å². The maximum absolute atomic E-state index is 8.38. The molecule has 0 saturated carbocycles. The van der Waals surface area contributed by atoms with Gasteiger partial charge >= 0.3 is 0 Å². The van der Waals surface area contributed by atoms with E-state index in [1.165, 1.54) is 5.56 Å². The predicted molar refractivity (Wildman–Crippen MR) is 45.0 cm³/mol. The molecule has 0 aromatic heterocycles. The lowest BCUT2D eigenvalue weighted by molar-refractivity contribution is 0.317. The summed E-state index contributed by atoms with van der Waals surface area (Å²) in [7, 11) is 0. The first kappa shape index (κ1) is 7.79. The van der Waals surface area contributed by atoms with Gasteiger partial charge < -0.3 is 5.21 Å². The summed E-state index contributed by atoms with van der Waals surface area (Å²) in [5.74, 6) is 0. The lowest BCUT2D eigenvalue weighted by Gasteiger charge is -1.96. The van der Waals surface area contributed by atoms with Gasteiger partial charge in [-0.1, -0.05) is 35.5 Å². The van der Waals surface area contributed by atoms with Crippen LogP contribution in [0.3, 0.4) is 0 Å². The second-order valence-electron chi connectivity index (χ2n) is 2.50. The summed E-state index contributed by atoms with van der Waals surface area (Å²) in [6, 6.07) is 9.93. The summed E-state index contributed by atoms with van der Waals surface area (Å²) < 4.78 is 0. The summed E-state index contributed by atoms with van der Waals surface area (Å²) in [5.41, 5.74) is 1.90. The van der Waals surface area contributed by atoms with Gasteiger partial charge in [0.1, 0.15) is 0 Å². The van der Waals surface area contributed by atoms with Gasteiger partial charge in [0.2, 0.25) is 0 Å². The molecule has 0 aliphatic carbocycles. The third-order valence-corrected chi connectivity index (χ3v) is 1.47. The van der Waals surface area contributed by atoms with E-state index in [0.29, 0.717) is 0 Å². The minimum absolute atomic E-state index is 0.720. The summed E-state index contributed by atoms with van der Waals surface area (Å²) >= 11 is 0. The Labute approximate surface area is 66.2 Å². The summed E-state index contributed by atoms with van der Waals surface area (Å²) in [5, 5.41) is 11.5. The van der Waals surface area contributed by atoms with Gasteiger partial charge in [-0.25, -0.2) is 0 Å². The Kier molecular flexibility index (Phi) is 2.66. The highest BCUT2D eigenvalue weighted by Gasteiger charge is 1.93. The van der Waals surface area contributed by atoms with Crippen molar-refractivity contribution in [2.45, 2.75) is 13.3 Å². The zero-order chi connectivity index (χ0) is 8.10. The van der Waals surface area contributed by atoms with Crippen molar-refractivity contribution in [2.24, 2.45) is 5.16 Å². The third kappa shape index (κ3) is 2.42. The SMILES string of the molecule is CC(Cc1ccccc1)=NO. The molecule has 0 atom stereocenters. The summed E-state index contributed by atoms with van der Waals surface area (Å²) in [6.07, 6.45) is 0.720. The molecule has 0 saturated heterocycles. The normalized spacial score (nSPS) is 11.5. The minimum atomic E-state index is 0.720. The molecular formula is C9H11NO. The van der Waals surface area contributed by atoms with E-state index in [9.17, 15) is 0 Å². The maximum atomic E-state index is 8.38. The zero-order valence-electron chi connectivity index (χ0n) is 6.49. The average molecular weight is 149 g/mol. The van der Waals surface area contributed by atoms with E-state index < -0.39 is 0 Å². The molecule has 2 nitrogen and oxygen atoms in total. The lowest BCUT2D eigenvalue weighted by atomic mass is 10.1. The van der Waals surface area contributed by atoms with Crippen molar-refractivity contribution < 1.29 is 5.21 Å². The Morgan fingerprint density at radius 3 is 2.55 bits per heavy atom. The van der Waals surface area contributed by atoms with E-state index in [2.05, 4.69) is 5.16 Å². The molecule has 0 aliphatic heterocycles. The van der Waals surface area contributed by atoms with Gasteiger partial charge in [-0.15, -0.1) is 0 Å². The molecule has 0 unspecified atom stereocenters. The second kappa shape index (κ2) is 3.76. The smallest absolute Gasteiger partial charge is 0.0583 e. The highest BCUT2D eigenvalue weighted by Crippen LogP contribution is 2.00. The molecule has 1 N–H and O–H groups in total.